The van der Waals surface area contributed by atoms with Crippen LogP contribution in [0.25, 0.3) is 0 Å². The van der Waals surface area contributed by atoms with E-state index in [1.54, 1.807) is 0 Å². The summed E-state index contributed by atoms with van der Waals surface area (Å²) in [5.74, 6) is 0.397. The summed E-state index contributed by atoms with van der Waals surface area (Å²) in [7, 11) is 1.95. The zero-order chi connectivity index (χ0) is 16.0. The highest BCUT2D eigenvalue weighted by Gasteiger charge is 2.19. The summed E-state index contributed by atoms with van der Waals surface area (Å²) in [5.41, 5.74) is 7.82. The van der Waals surface area contributed by atoms with E-state index in [2.05, 4.69) is 39.1 Å². The number of halogens is 1. The Kier molecular flexibility index (Phi) is 8.68. The topological polar surface area (TPSA) is 58.4 Å². The van der Waals surface area contributed by atoms with Crippen LogP contribution in [0.15, 0.2) is 24.3 Å². The first-order valence-corrected chi connectivity index (χ1v) is 7.52. The third-order valence-electron chi connectivity index (χ3n) is 3.52. The molecule has 0 radical (unpaired) electrons. The summed E-state index contributed by atoms with van der Waals surface area (Å²) in [6.07, 6.45) is 0. The molecule has 0 heterocycles. The highest BCUT2D eigenvalue weighted by molar-refractivity contribution is 5.93. The second-order valence-corrected chi connectivity index (χ2v) is 6.83. The molecule has 0 saturated heterocycles. The predicted octanol–water partition coefficient (Wildman–Crippen LogP) is 3.09. The van der Waals surface area contributed by atoms with Crippen LogP contribution in [0.1, 0.15) is 39.2 Å². The number of anilines is 1. The van der Waals surface area contributed by atoms with E-state index in [1.807, 2.05) is 30.1 Å². The highest BCUT2D eigenvalue weighted by Crippen LogP contribution is 2.23. The molecule has 0 saturated carbocycles. The maximum absolute atomic E-state index is 12.2. The Bertz CT molecular complexity index is 475. The second kappa shape index (κ2) is 9.13. The van der Waals surface area contributed by atoms with Gasteiger partial charge in [-0.05, 0) is 36.6 Å². The second-order valence-electron chi connectivity index (χ2n) is 6.83. The number of amides is 1. The molecule has 1 aromatic rings. The van der Waals surface area contributed by atoms with Gasteiger partial charge in [0.2, 0.25) is 5.91 Å². The molecule has 0 aliphatic carbocycles. The quantitative estimate of drug-likeness (QED) is 0.809. The molecule has 1 aromatic carbocycles. The monoisotopic (exact) mass is 327 g/mol. The number of nitrogens with one attached hydrogen (secondary N) is 1. The van der Waals surface area contributed by atoms with Crippen LogP contribution in [0.4, 0.5) is 5.69 Å². The van der Waals surface area contributed by atoms with Gasteiger partial charge in [-0.15, -0.1) is 12.4 Å². The number of carbonyl (C=O) groups excluding carboxylic acids is 1. The zero-order valence-electron chi connectivity index (χ0n) is 14.3. The minimum atomic E-state index is 0. The number of hydrogen-bond acceptors (Lipinski definition) is 3. The van der Waals surface area contributed by atoms with Crippen LogP contribution >= 0.6 is 12.4 Å². The summed E-state index contributed by atoms with van der Waals surface area (Å²) in [5, 5.41) is 3.01. The average Bonchev–Trinajstić information content (AvgIpc) is 2.38. The largest absolute Gasteiger partial charge is 0.330 e. The molecule has 1 amide bonds. The van der Waals surface area contributed by atoms with Crippen LogP contribution in [0.5, 0.6) is 0 Å². The fourth-order valence-corrected chi connectivity index (χ4v) is 2.40. The Hall–Kier alpha value is -1.10. The van der Waals surface area contributed by atoms with Crippen LogP contribution in [0.2, 0.25) is 0 Å². The number of para-hydroxylation sites is 1. The van der Waals surface area contributed by atoms with Crippen molar-refractivity contribution >= 4 is 24.0 Å². The number of benzene rings is 1. The number of nitrogens with zero attached hydrogens (tertiary/aromatic N) is 1. The minimum Gasteiger partial charge on any atom is -0.330 e. The number of carbonyl (C=O) groups is 1. The van der Waals surface area contributed by atoms with Gasteiger partial charge in [0.15, 0.2) is 0 Å². The Morgan fingerprint density at radius 2 is 1.91 bits per heavy atom. The molecule has 0 unspecified atom stereocenters. The normalized spacial score (nSPS) is 11.5. The standard InChI is InChI=1S/C17H29N3O.ClH/c1-13(2)14-8-6-7-9-15(14)19-16(21)10-20(5)12-17(3,4)11-18;/h6-9,13H,10-12,18H2,1-5H3,(H,19,21);1H. The molecule has 0 bridgehead atoms. The van der Waals surface area contributed by atoms with Gasteiger partial charge in [-0.3, -0.25) is 9.69 Å². The van der Waals surface area contributed by atoms with Crippen molar-refractivity contribution in [2.75, 3.05) is 32.0 Å². The molecule has 0 aliphatic rings. The van der Waals surface area contributed by atoms with E-state index in [0.29, 0.717) is 19.0 Å². The van der Waals surface area contributed by atoms with Gasteiger partial charge < -0.3 is 11.1 Å². The number of hydrogen-bond donors (Lipinski definition) is 2. The van der Waals surface area contributed by atoms with E-state index in [-0.39, 0.29) is 23.7 Å². The Morgan fingerprint density at radius 1 is 1.32 bits per heavy atom. The average molecular weight is 328 g/mol. The highest BCUT2D eigenvalue weighted by atomic mass is 35.5. The third-order valence-corrected chi connectivity index (χ3v) is 3.52. The lowest BCUT2D eigenvalue weighted by Crippen LogP contribution is -2.40. The van der Waals surface area contributed by atoms with Crippen molar-refractivity contribution in [1.29, 1.82) is 0 Å². The molecule has 1 rings (SSSR count). The lowest BCUT2D eigenvalue weighted by atomic mass is 9.93. The summed E-state index contributed by atoms with van der Waals surface area (Å²) < 4.78 is 0. The Balaban J connectivity index is 0.00000441. The van der Waals surface area contributed by atoms with E-state index in [0.717, 1.165) is 17.8 Å². The molecule has 0 fully saturated rings. The van der Waals surface area contributed by atoms with E-state index >= 15 is 0 Å². The number of rotatable bonds is 7. The number of nitrogens with two attached hydrogens (primary N) is 1. The fraction of sp³-hybridized carbons (Fsp3) is 0.588. The minimum absolute atomic E-state index is 0. The van der Waals surface area contributed by atoms with E-state index in [4.69, 9.17) is 5.73 Å². The molecule has 0 spiro atoms. The first-order valence-electron chi connectivity index (χ1n) is 7.52. The zero-order valence-corrected chi connectivity index (χ0v) is 15.2. The molecule has 0 atom stereocenters. The van der Waals surface area contributed by atoms with E-state index in [9.17, 15) is 4.79 Å². The lowest BCUT2D eigenvalue weighted by Gasteiger charge is -2.28. The lowest BCUT2D eigenvalue weighted by molar-refractivity contribution is -0.117. The smallest absolute Gasteiger partial charge is 0.238 e. The van der Waals surface area contributed by atoms with Crippen LogP contribution in [0, 0.1) is 5.41 Å². The van der Waals surface area contributed by atoms with Crippen molar-refractivity contribution in [2.45, 2.75) is 33.6 Å². The van der Waals surface area contributed by atoms with Crippen LogP contribution in [-0.4, -0.2) is 37.5 Å². The predicted molar refractivity (Wildman–Crippen MR) is 96.7 cm³/mol. The summed E-state index contributed by atoms with van der Waals surface area (Å²) >= 11 is 0. The number of likely N-dealkylation sites (N-methyl/N-ethyl adjacent to an activating group) is 1. The fourth-order valence-electron chi connectivity index (χ4n) is 2.40. The molecule has 3 N–H and O–H groups in total. The molecular weight excluding hydrogens is 298 g/mol. The molecule has 0 aliphatic heterocycles. The first kappa shape index (κ1) is 20.9. The van der Waals surface area contributed by atoms with E-state index < -0.39 is 0 Å². The third kappa shape index (κ3) is 6.77. The maximum atomic E-state index is 12.2. The summed E-state index contributed by atoms with van der Waals surface area (Å²) in [6.45, 7) is 10.2. The maximum Gasteiger partial charge on any atom is 0.238 e. The van der Waals surface area contributed by atoms with Gasteiger partial charge in [-0.2, -0.15) is 0 Å². The molecule has 22 heavy (non-hydrogen) atoms. The van der Waals surface area contributed by atoms with Gasteiger partial charge in [0.25, 0.3) is 0 Å². The van der Waals surface area contributed by atoms with Gasteiger partial charge in [0.05, 0.1) is 6.54 Å². The molecule has 5 heteroatoms. The summed E-state index contributed by atoms with van der Waals surface area (Å²) in [6, 6.07) is 7.96. The SMILES string of the molecule is CC(C)c1ccccc1NC(=O)CN(C)CC(C)(C)CN.Cl. The van der Waals surface area contributed by atoms with Crippen molar-refractivity contribution in [3.63, 3.8) is 0 Å². The van der Waals surface area contributed by atoms with Gasteiger partial charge in [-0.1, -0.05) is 45.9 Å². The van der Waals surface area contributed by atoms with Crippen LogP contribution in [-0.2, 0) is 4.79 Å². The van der Waals surface area contributed by atoms with Crippen molar-refractivity contribution in [1.82, 2.24) is 4.90 Å². The van der Waals surface area contributed by atoms with Crippen molar-refractivity contribution in [3.8, 4) is 0 Å². The van der Waals surface area contributed by atoms with Gasteiger partial charge in [0.1, 0.15) is 0 Å². The summed E-state index contributed by atoms with van der Waals surface area (Å²) in [4.78, 5) is 14.2. The van der Waals surface area contributed by atoms with Gasteiger partial charge in [0, 0.05) is 12.2 Å². The molecule has 0 aromatic heterocycles. The Labute approximate surface area is 140 Å². The Morgan fingerprint density at radius 3 is 2.45 bits per heavy atom. The molecule has 126 valence electrons. The first-order chi connectivity index (χ1) is 9.75. The molecule has 4 nitrogen and oxygen atoms in total. The van der Waals surface area contributed by atoms with Crippen molar-refractivity contribution in [3.05, 3.63) is 29.8 Å². The van der Waals surface area contributed by atoms with E-state index in [1.165, 1.54) is 0 Å². The molecular formula is C17H30ClN3O. The van der Waals surface area contributed by atoms with Crippen molar-refractivity contribution < 1.29 is 4.79 Å². The van der Waals surface area contributed by atoms with Gasteiger partial charge in [-0.25, -0.2) is 0 Å². The van der Waals surface area contributed by atoms with Gasteiger partial charge >= 0.3 is 0 Å². The van der Waals surface area contributed by atoms with Crippen LogP contribution in [0.3, 0.4) is 0 Å². The van der Waals surface area contributed by atoms with Crippen molar-refractivity contribution in [2.24, 2.45) is 11.1 Å². The van der Waals surface area contributed by atoms with Crippen LogP contribution < -0.4 is 11.1 Å².